The van der Waals surface area contributed by atoms with Gasteiger partial charge >= 0.3 is 0 Å². The number of carbonyl (C=O) groups is 4. The van der Waals surface area contributed by atoms with Crippen LogP contribution in [-0.2, 0) is 12.8 Å². The number of unbranched alkanes of at least 4 members (excludes halogenated alkanes) is 24. The van der Waals surface area contributed by atoms with Crippen LogP contribution in [0.3, 0.4) is 0 Å². The van der Waals surface area contributed by atoms with Gasteiger partial charge in [0.05, 0.1) is 0 Å². The average Bonchev–Trinajstić information content (AvgIpc) is 0.726. The number of amides is 4. The van der Waals surface area contributed by atoms with E-state index in [1.54, 1.807) is 22.7 Å². The molecule has 0 saturated heterocycles. The van der Waals surface area contributed by atoms with Gasteiger partial charge in [0.15, 0.2) is 0 Å². The second-order valence-electron chi connectivity index (χ2n) is 24.9. The van der Waals surface area contributed by atoms with E-state index in [0.29, 0.717) is 46.1 Å². The highest BCUT2D eigenvalue weighted by atomic mass is 32.1. The molecule has 2 aliphatic rings. The van der Waals surface area contributed by atoms with E-state index in [9.17, 15) is 0 Å². The molecule has 6 nitrogen and oxygen atoms in total. The summed E-state index contributed by atoms with van der Waals surface area (Å²) in [7, 11) is 0. The molecule has 0 unspecified atom stereocenters. The molecule has 5 aromatic carbocycles. The van der Waals surface area contributed by atoms with Crippen molar-refractivity contribution in [1.82, 2.24) is 9.80 Å². The summed E-state index contributed by atoms with van der Waals surface area (Å²) in [6.45, 7) is 9.81. The maximum absolute atomic E-state index is 15.4. The van der Waals surface area contributed by atoms with Crippen LogP contribution in [0.4, 0.5) is 0 Å². The zero-order chi connectivity index (χ0) is 59.5. The van der Waals surface area contributed by atoms with Gasteiger partial charge in [0.1, 0.15) is 0 Å². The van der Waals surface area contributed by atoms with Crippen LogP contribution in [0.25, 0.3) is 83.5 Å². The molecule has 0 aliphatic carbocycles. The van der Waals surface area contributed by atoms with Crippen LogP contribution in [0.1, 0.15) is 259 Å². The lowest BCUT2D eigenvalue weighted by Crippen LogP contribution is -2.41. The summed E-state index contributed by atoms with van der Waals surface area (Å²) in [6.07, 6.45) is 35.4. The Balaban J connectivity index is 1.03. The Morgan fingerprint density at radius 2 is 0.570 bits per heavy atom. The zero-order valence-electron chi connectivity index (χ0n) is 51.9. The van der Waals surface area contributed by atoms with Crippen molar-refractivity contribution in [3.05, 3.63) is 117 Å². The first-order chi connectivity index (χ1) is 42.2. The van der Waals surface area contributed by atoms with Crippen LogP contribution in [-0.4, -0.2) is 46.5 Å². The molecule has 9 aromatic rings. The summed E-state index contributed by atoms with van der Waals surface area (Å²) < 4.78 is 0. The lowest BCUT2D eigenvalue weighted by molar-refractivity contribution is 0.0592. The third kappa shape index (κ3) is 13.3. The first-order valence-electron chi connectivity index (χ1n) is 33.6. The van der Waals surface area contributed by atoms with Gasteiger partial charge < -0.3 is 0 Å². The van der Waals surface area contributed by atoms with Crippen molar-refractivity contribution in [2.75, 3.05) is 13.1 Å². The molecule has 0 radical (unpaired) electrons. The Labute approximate surface area is 528 Å². The Kier molecular flexibility index (Phi) is 21.4. The van der Waals surface area contributed by atoms with Crippen LogP contribution in [0, 0.1) is 0 Å². The van der Waals surface area contributed by atoms with Crippen molar-refractivity contribution in [2.45, 2.75) is 220 Å². The second-order valence-corrected chi connectivity index (χ2v) is 29.4. The van der Waals surface area contributed by atoms with Crippen molar-refractivity contribution in [1.29, 1.82) is 0 Å². The molecule has 4 amide bonds. The Morgan fingerprint density at radius 1 is 0.267 bits per heavy atom. The average molecular weight is 1220 g/mol. The molecule has 4 aromatic heterocycles. The molecule has 0 fully saturated rings. The zero-order valence-corrected chi connectivity index (χ0v) is 55.1. The van der Waals surface area contributed by atoms with Crippen molar-refractivity contribution in [3.8, 4) is 40.4 Å². The molecule has 2 aliphatic heterocycles. The minimum Gasteiger partial charge on any atom is -0.274 e. The van der Waals surface area contributed by atoms with Crippen LogP contribution in [0.5, 0.6) is 0 Å². The van der Waals surface area contributed by atoms with E-state index >= 15 is 19.2 Å². The number of benzene rings is 5. The standard InChI is InChI=1S/C76H90N2O4S4/c1-5-9-13-17-19-21-23-25-27-31-47-77-73(79)55-39-37-53-68-58(62-44-46-66(86-62)64-42-36-52(84-64)34-30-16-12-8-4)50-60-70-56(74(80)78(76(60)82)48-32-28-26-24-22-20-18-14-10-6-2)40-38-54(72(68)70)67-57(49-59(75(77)81)69(55)71(53)67)61-43-45-65(85-61)63-41-35-51(83-63)33-29-15-11-7-3/h35-46,49-50H,5-34,47-48H2,1-4H3. The fourth-order valence-corrected chi connectivity index (χ4v) is 18.2. The Morgan fingerprint density at radius 3 is 0.942 bits per heavy atom. The fourth-order valence-electron chi connectivity index (χ4n) is 13.8. The second kappa shape index (κ2) is 29.7. The summed E-state index contributed by atoms with van der Waals surface area (Å²) >= 11 is 7.26. The maximum atomic E-state index is 15.4. The number of aryl methyl sites for hydroxylation is 2. The number of nitrogens with zero attached hydrogens (tertiary/aromatic N) is 2. The van der Waals surface area contributed by atoms with Gasteiger partial charge in [0.25, 0.3) is 23.6 Å². The Hall–Kier alpha value is -5.52. The molecule has 0 atom stereocenters. The van der Waals surface area contributed by atoms with Gasteiger partial charge in [-0.3, -0.25) is 29.0 Å². The van der Waals surface area contributed by atoms with Gasteiger partial charge in [-0.25, -0.2) is 0 Å². The summed E-state index contributed by atoms with van der Waals surface area (Å²) in [5, 5.41) is 6.95. The van der Waals surface area contributed by atoms with Crippen LogP contribution in [0.2, 0.25) is 0 Å². The van der Waals surface area contributed by atoms with Gasteiger partial charge in [-0.15, -0.1) is 45.3 Å². The molecule has 452 valence electrons. The fraction of sp³-hybridized carbons (Fsp3) is 0.474. The van der Waals surface area contributed by atoms with Crippen molar-refractivity contribution < 1.29 is 19.2 Å². The first kappa shape index (κ1) is 62.1. The smallest absolute Gasteiger partial charge is 0.261 e. The largest absolute Gasteiger partial charge is 0.274 e. The van der Waals surface area contributed by atoms with Crippen LogP contribution in [0.15, 0.2) is 84.9 Å². The van der Waals surface area contributed by atoms with Crippen LogP contribution >= 0.6 is 45.3 Å². The summed E-state index contributed by atoms with van der Waals surface area (Å²) in [4.78, 5) is 73.7. The first-order valence-corrected chi connectivity index (χ1v) is 36.9. The molecule has 6 heterocycles. The molecule has 11 rings (SSSR count). The number of rotatable bonds is 36. The minimum atomic E-state index is -0.233. The molecule has 0 saturated carbocycles. The molecule has 86 heavy (non-hydrogen) atoms. The highest BCUT2D eigenvalue weighted by Gasteiger charge is 2.39. The van der Waals surface area contributed by atoms with Crippen molar-refractivity contribution in [2.24, 2.45) is 0 Å². The van der Waals surface area contributed by atoms with E-state index in [2.05, 4.69) is 100 Å². The van der Waals surface area contributed by atoms with E-state index in [-0.39, 0.29) is 23.6 Å². The van der Waals surface area contributed by atoms with E-state index in [1.165, 1.54) is 180 Å². The van der Waals surface area contributed by atoms with E-state index < -0.39 is 0 Å². The van der Waals surface area contributed by atoms with Gasteiger partial charge in [-0.1, -0.05) is 194 Å². The highest BCUT2D eigenvalue weighted by molar-refractivity contribution is 7.24. The topological polar surface area (TPSA) is 74.8 Å². The number of hydrogen-bond acceptors (Lipinski definition) is 8. The monoisotopic (exact) mass is 1220 g/mol. The molecular weight excluding hydrogens is 1130 g/mol. The molecule has 0 N–H and O–H groups in total. The molecule has 10 heteroatoms. The maximum Gasteiger partial charge on any atom is 0.261 e. The molecule has 0 bridgehead atoms. The number of carbonyl (C=O) groups excluding carboxylic acids is 4. The number of hydrogen-bond donors (Lipinski definition) is 0. The van der Waals surface area contributed by atoms with Crippen molar-refractivity contribution >= 4 is 112 Å². The number of imide groups is 2. The van der Waals surface area contributed by atoms with Gasteiger partial charge in [0.2, 0.25) is 0 Å². The third-order valence-electron chi connectivity index (χ3n) is 18.6. The predicted octanol–water partition coefficient (Wildman–Crippen LogP) is 23.9. The third-order valence-corrected chi connectivity index (χ3v) is 23.5. The summed E-state index contributed by atoms with van der Waals surface area (Å²) in [5.74, 6) is -0.929. The number of fused-ring (bicyclic) bond motifs is 2. The highest BCUT2D eigenvalue weighted by Crippen LogP contribution is 2.54. The summed E-state index contributed by atoms with van der Waals surface area (Å²) in [6, 6.07) is 30.4. The van der Waals surface area contributed by atoms with Crippen molar-refractivity contribution in [3.63, 3.8) is 0 Å². The Bertz CT molecular complexity index is 3570. The van der Waals surface area contributed by atoms with E-state index in [1.807, 2.05) is 34.8 Å². The van der Waals surface area contributed by atoms with Gasteiger partial charge in [-0.05, 0) is 144 Å². The normalized spacial score (nSPS) is 13.5. The molecular formula is C76H90N2O4S4. The molecule has 0 spiro atoms. The van der Waals surface area contributed by atoms with Crippen LogP contribution < -0.4 is 0 Å². The minimum absolute atomic E-state index is 0.232. The number of thiophene rings is 4. The predicted molar refractivity (Wildman–Crippen MR) is 371 cm³/mol. The lowest BCUT2D eigenvalue weighted by atomic mass is 9.79. The van der Waals surface area contributed by atoms with Gasteiger partial charge in [-0.2, -0.15) is 0 Å². The lowest BCUT2D eigenvalue weighted by Gasteiger charge is -2.31. The SMILES string of the molecule is CCCCCCCCCCCCN1C(=O)c2ccc3c4c(-c5ccc(-c6ccc(CCCCCC)s6)s5)cc5c6c(ccc(c7c(-c8ccc(-c9ccc(CCCCCC)s9)s8)cc(c2c37)C1=O)c64)C(=O)N(CCCCCCCCCCCC)C5=O. The van der Waals surface area contributed by atoms with E-state index in [4.69, 9.17) is 0 Å². The van der Waals surface area contributed by atoms with Gasteiger partial charge in [0, 0.05) is 96.3 Å². The summed E-state index contributed by atoms with van der Waals surface area (Å²) in [5.41, 5.74) is 4.11. The quantitative estimate of drug-likeness (QED) is 0.0170. The van der Waals surface area contributed by atoms with E-state index in [0.717, 1.165) is 105 Å².